The van der Waals surface area contributed by atoms with Crippen LogP contribution in [0, 0.1) is 17.2 Å². The first-order valence-electron chi connectivity index (χ1n) is 13.9. The van der Waals surface area contributed by atoms with Crippen molar-refractivity contribution in [3.05, 3.63) is 48.7 Å². The maximum absolute atomic E-state index is 12.6. The molecule has 8 nitrogen and oxygen atoms in total. The van der Waals surface area contributed by atoms with E-state index in [1.165, 1.54) is 17.8 Å². The van der Waals surface area contributed by atoms with E-state index in [4.69, 9.17) is 5.26 Å². The average Bonchev–Trinajstić information content (AvgIpc) is 3.61. The zero-order chi connectivity index (χ0) is 29.7. The third kappa shape index (κ3) is 7.52. The van der Waals surface area contributed by atoms with Gasteiger partial charge in [-0.2, -0.15) is 18.4 Å². The second-order valence-electron chi connectivity index (χ2n) is 10.7. The molecule has 0 spiro atoms. The summed E-state index contributed by atoms with van der Waals surface area (Å²) in [5.74, 6) is 0.508. The zero-order valence-corrected chi connectivity index (χ0v) is 24.5. The summed E-state index contributed by atoms with van der Waals surface area (Å²) in [6.45, 7) is 1.56. The number of thiazole rings is 1. The molecule has 2 aromatic heterocycles. The van der Waals surface area contributed by atoms with Crippen molar-refractivity contribution in [3.8, 4) is 27.1 Å². The molecule has 3 aliphatic rings. The number of aromatic nitrogens is 3. The van der Waals surface area contributed by atoms with Gasteiger partial charge in [-0.3, -0.25) is 9.00 Å². The first-order valence-corrected chi connectivity index (χ1v) is 16.3. The van der Waals surface area contributed by atoms with Crippen molar-refractivity contribution in [1.82, 2.24) is 20.3 Å². The fourth-order valence-electron chi connectivity index (χ4n) is 4.95. The maximum atomic E-state index is 12.6. The van der Waals surface area contributed by atoms with E-state index >= 15 is 0 Å². The Hall–Kier alpha value is -3.37. The molecule has 222 valence electrons. The summed E-state index contributed by atoms with van der Waals surface area (Å²) < 4.78 is 49.2. The lowest BCUT2D eigenvalue weighted by atomic mass is 9.88. The van der Waals surface area contributed by atoms with E-state index in [2.05, 4.69) is 31.2 Å². The number of hydrogen-bond acceptors (Lipinski definition) is 8. The van der Waals surface area contributed by atoms with Crippen molar-refractivity contribution in [2.45, 2.75) is 56.7 Å². The van der Waals surface area contributed by atoms with E-state index in [1.54, 1.807) is 6.20 Å². The lowest BCUT2D eigenvalue weighted by Crippen LogP contribution is -2.40. The number of carbonyl (C=O) groups excluding carboxylic acids is 1. The summed E-state index contributed by atoms with van der Waals surface area (Å²) in [4.78, 5) is 25.9. The van der Waals surface area contributed by atoms with Crippen LogP contribution >= 0.6 is 11.3 Å². The number of alkyl halides is 3. The van der Waals surface area contributed by atoms with Gasteiger partial charge in [0.2, 0.25) is 11.7 Å². The van der Waals surface area contributed by atoms with Crippen molar-refractivity contribution >= 4 is 33.7 Å². The molecule has 2 aliphatic carbocycles. The number of nitrogens with one attached hydrogen (secondary N) is 1. The van der Waals surface area contributed by atoms with Crippen molar-refractivity contribution < 1.29 is 22.2 Å². The maximum Gasteiger partial charge on any atom is 0.451 e. The molecule has 6 rings (SSSR count). The predicted octanol–water partition coefficient (Wildman–Crippen LogP) is 5.59. The van der Waals surface area contributed by atoms with Crippen LogP contribution in [0.1, 0.15) is 50.8 Å². The minimum atomic E-state index is -4.56. The molecule has 3 fully saturated rings. The summed E-state index contributed by atoms with van der Waals surface area (Å²) in [6.07, 6.45) is 6.69. The van der Waals surface area contributed by atoms with Crippen LogP contribution in [0.5, 0.6) is 0 Å². The number of halogens is 3. The molecule has 13 heteroatoms. The van der Waals surface area contributed by atoms with Gasteiger partial charge in [0.1, 0.15) is 10.5 Å². The molecule has 2 saturated carbocycles. The highest BCUT2D eigenvalue weighted by Gasteiger charge is 2.45. The molecule has 0 atom stereocenters. The third-order valence-electron chi connectivity index (χ3n) is 7.66. The van der Waals surface area contributed by atoms with Gasteiger partial charge >= 0.3 is 6.18 Å². The minimum Gasteiger partial charge on any atom is -0.370 e. The van der Waals surface area contributed by atoms with Crippen molar-refractivity contribution in [2.24, 2.45) is 5.92 Å². The van der Waals surface area contributed by atoms with Crippen LogP contribution in [0.2, 0.25) is 0 Å². The van der Waals surface area contributed by atoms with Gasteiger partial charge < -0.3 is 10.2 Å². The van der Waals surface area contributed by atoms with Crippen LogP contribution in [0.3, 0.4) is 0 Å². The highest BCUT2D eigenvalue weighted by Crippen LogP contribution is 2.36. The summed E-state index contributed by atoms with van der Waals surface area (Å²) in [6, 6.07) is 10.2. The first kappa shape index (κ1) is 30.1. The van der Waals surface area contributed by atoms with Gasteiger partial charge in [-0.05, 0) is 43.4 Å². The normalized spacial score (nSPS) is 18.9. The number of carbonyl (C=O) groups is 1. The van der Waals surface area contributed by atoms with Crippen LogP contribution in [0.15, 0.2) is 42.9 Å². The monoisotopic (exact) mass is 616 g/mol. The Labute approximate surface area is 248 Å². The fourth-order valence-corrected chi connectivity index (χ4v) is 6.90. The number of nitriles is 1. The highest BCUT2D eigenvalue weighted by atomic mass is 32.2. The standard InChI is InChI=1S/C18H15F3N4OS2.C11H16N2O/c19-18(20,21)17-23-9-13(10-24-17)16-22-11-15(27-16)12-1-3-14(4-2-12)25-5-7-28(26)8-6-25;12-8-11(6-7-11)13-10(14)9-4-2-1-3-5-9/h1-4,9-11H,5-8H2;9H,1-7H2,(H,13,14). The second-order valence-corrected chi connectivity index (χ2v) is 13.4. The molecule has 1 aliphatic heterocycles. The largest absolute Gasteiger partial charge is 0.451 e. The fraction of sp³-hybridized carbons (Fsp3) is 0.483. The van der Waals surface area contributed by atoms with Crippen LogP contribution in [-0.4, -0.2) is 55.2 Å². The Balaban J connectivity index is 0.000000211. The van der Waals surface area contributed by atoms with Gasteiger partial charge in [0.05, 0.1) is 10.9 Å². The van der Waals surface area contributed by atoms with E-state index in [0.717, 1.165) is 80.1 Å². The van der Waals surface area contributed by atoms with E-state index in [0.29, 0.717) is 22.1 Å². The van der Waals surface area contributed by atoms with Crippen LogP contribution < -0.4 is 10.2 Å². The molecule has 0 unspecified atom stereocenters. The number of amides is 1. The molecule has 3 aromatic rings. The summed E-state index contributed by atoms with van der Waals surface area (Å²) in [5.41, 5.74) is 2.03. The van der Waals surface area contributed by atoms with Crippen molar-refractivity contribution in [2.75, 3.05) is 29.5 Å². The second kappa shape index (κ2) is 12.9. The number of anilines is 1. The number of nitrogens with zero attached hydrogens (tertiary/aromatic N) is 5. The molecule has 3 heterocycles. The Morgan fingerprint density at radius 3 is 2.21 bits per heavy atom. The Kier molecular flexibility index (Phi) is 9.22. The number of hydrogen-bond donors (Lipinski definition) is 1. The molecule has 1 saturated heterocycles. The molecule has 0 radical (unpaired) electrons. The zero-order valence-electron chi connectivity index (χ0n) is 22.9. The lowest BCUT2D eigenvalue weighted by molar-refractivity contribution is -0.145. The topological polar surface area (TPSA) is 112 Å². The molecule has 0 bridgehead atoms. The van der Waals surface area contributed by atoms with Crippen LogP contribution in [0.4, 0.5) is 18.9 Å². The summed E-state index contributed by atoms with van der Waals surface area (Å²) in [7, 11) is -0.712. The Morgan fingerprint density at radius 1 is 1.00 bits per heavy atom. The molecular weight excluding hydrogens is 585 g/mol. The third-order valence-corrected chi connectivity index (χ3v) is 10.0. The van der Waals surface area contributed by atoms with Gasteiger partial charge in [-0.25, -0.2) is 15.0 Å². The highest BCUT2D eigenvalue weighted by molar-refractivity contribution is 7.85. The number of rotatable bonds is 5. The molecule has 1 amide bonds. The summed E-state index contributed by atoms with van der Waals surface area (Å²) >= 11 is 1.37. The van der Waals surface area contributed by atoms with Gasteiger partial charge in [-0.15, -0.1) is 11.3 Å². The van der Waals surface area contributed by atoms with Gasteiger partial charge in [0.15, 0.2) is 0 Å². The smallest absolute Gasteiger partial charge is 0.370 e. The number of benzene rings is 1. The molecule has 1 aromatic carbocycles. The quantitative estimate of drug-likeness (QED) is 0.398. The van der Waals surface area contributed by atoms with Gasteiger partial charge in [-0.1, -0.05) is 31.4 Å². The van der Waals surface area contributed by atoms with E-state index < -0.39 is 28.3 Å². The van der Waals surface area contributed by atoms with Gasteiger partial charge in [0.25, 0.3) is 0 Å². The van der Waals surface area contributed by atoms with Gasteiger partial charge in [0, 0.05) is 71.2 Å². The van der Waals surface area contributed by atoms with Crippen molar-refractivity contribution in [1.29, 1.82) is 5.26 Å². The Morgan fingerprint density at radius 2 is 1.64 bits per heavy atom. The van der Waals surface area contributed by atoms with Crippen molar-refractivity contribution in [3.63, 3.8) is 0 Å². The molecular formula is C29H31F3N6O2S2. The molecule has 42 heavy (non-hydrogen) atoms. The van der Waals surface area contributed by atoms with E-state index in [9.17, 15) is 22.2 Å². The SMILES string of the molecule is N#CC1(NC(=O)C2CCCCC2)CC1.O=S1CCN(c2ccc(-c3cnc(-c4cnc(C(F)(F)F)nc4)s3)cc2)CC1. The van der Waals surface area contributed by atoms with Crippen LogP contribution in [-0.2, 0) is 21.8 Å². The first-order chi connectivity index (χ1) is 20.2. The lowest BCUT2D eigenvalue weighted by Gasteiger charge is -2.28. The predicted molar refractivity (Wildman–Crippen MR) is 156 cm³/mol. The van der Waals surface area contributed by atoms with E-state index in [1.807, 2.05) is 24.3 Å². The Bertz CT molecular complexity index is 1430. The average molecular weight is 617 g/mol. The van der Waals surface area contributed by atoms with Crippen LogP contribution in [0.25, 0.3) is 21.0 Å². The molecule has 1 N–H and O–H groups in total. The summed E-state index contributed by atoms with van der Waals surface area (Å²) in [5, 5.41) is 12.3. The van der Waals surface area contributed by atoms with E-state index in [-0.39, 0.29) is 11.8 Å². The minimum absolute atomic E-state index is 0.115.